The summed E-state index contributed by atoms with van der Waals surface area (Å²) in [4.78, 5) is 11.7. The highest BCUT2D eigenvalue weighted by Gasteiger charge is 2.27. The third-order valence-corrected chi connectivity index (χ3v) is 5.74. The standard InChI is InChI=1S/C18H19FN2O4S/c1-11-9-15-16(25-12(2)18(22)21-15)10-17(11)26(23,24)20-8-7-13-5-3-4-6-14(13)19/h3-6,9-10,12,20H,7-8H2,1-2H3,(H,21,22). The number of rotatable bonds is 5. The van der Waals surface area contributed by atoms with Crippen molar-refractivity contribution in [2.75, 3.05) is 11.9 Å². The molecule has 1 aliphatic heterocycles. The predicted molar refractivity (Wildman–Crippen MR) is 95.2 cm³/mol. The lowest BCUT2D eigenvalue weighted by Gasteiger charge is -2.24. The Kier molecular flexibility index (Phi) is 4.97. The number of amides is 1. The molecule has 1 amide bonds. The summed E-state index contributed by atoms with van der Waals surface area (Å²) in [6.45, 7) is 3.28. The zero-order chi connectivity index (χ0) is 18.9. The summed E-state index contributed by atoms with van der Waals surface area (Å²) in [6.07, 6.45) is -0.464. The van der Waals surface area contributed by atoms with Crippen molar-refractivity contribution >= 4 is 21.6 Å². The number of carbonyl (C=O) groups excluding carboxylic acids is 1. The minimum Gasteiger partial charge on any atom is -0.479 e. The molecule has 0 spiro atoms. The summed E-state index contributed by atoms with van der Waals surface area (Å²) in [5.41, 5.74) is 1.36. The lowest BCUT2D eigenvalue weighted by molar-refractivity contribution is -0.122. The van der Waals surface area contributed by atoms with Crippen LogP contribution in [0.4, 0.5) is 10.1 Å². The molecule has 0 bridgehead atoms. The highest BCUT2D eigenvalue weighted by atomic mass is 32.2. The summed E-state index contributed by atoms with van der Waals surface area (Å²) in [5.74, 6) is -0.345. The summed E-state index contributed by atoms with van der Waals surface area (Å²) < 4.78 is 46.8. The lowest BCUT2D eigenvalue weighted by Crippen LogP contribution is -2.35. The first-order valence-corrected chi connectivity index (χ1v) is 9.61. The Labute approximate surface area is 151 Å². The van der Waals surface area contributed by atoms with Crippen molar-refractivity contribution in [3.8, 4) is 5.75 Å². The fraction of sp³-hybridized carbons (Fsp3) is 0.278. The summed E-state index contributed by atoms with van der Waals surface area (Å²) >= 11 is 0. The number of hydrogen-bond acceptors (Lipinski definition) is 4. The normalized spacial score (nSPS) is 16.6. The Hall–Kier alpha value is -2.45. The van der Waals surface area contributed by atoms with Gasteiger partial charge in [0.05, 0.1) is 10.6 Å². The molecule has 0 radical (unpaired) electrons. The first-order valence-electron chi connectivity index (χ1n) is 8.13. The number of aryl methyl sites for hydroxylation is 1. The molecule has 3 rings (SSSR count). The maximum Gasteiger partial charge on any atom is 0.265 e. The lowest BCUT2D eigenvalue weighted by atomic mass is 10.1. The van der Waals surface area contributed by atoms with E-state index in [9.17, 15) is 17.6 Å². The number of sulfonamides is 1. The number of fused-ring (bicyclic) bond motifs is 1. The van der Waals surface area contributed by atoms with Crippen LogP contribution < -0.4 is 14.8 Å². The van der Waals surface area contributed by atoms with Crippen LogP contribution in [0.5, 0.6) is 5.75 Å². The number of hydrogen-bond donors (Lipinski definition) is 2. The van der Waals surface area contributed by atoms with E-state index in [1.54, 1.807) is 38.1 Å². The van der Waals surface area contributed by atoms with Crippen LogP contribution in [0, 0.1) is 12.7 Å². The van der Waals surface area contributed by atoms with Crippen molar-refractivity contribution in [3.63, 3.8) is 0 Å². The fourth-order valence-corrected chi connectivity index (χ4v) is 4.00. The number of nitrogens with one attached hydrogen (secondary N) is 2. The monoisotopic (exact) mass is 378 g/mol. The van der Waals surface area contributed by atoms with Gasteiger partial charge in [-0.3, -0.25) is 4.79 Å². The Morgan fingerprint density at radius 2 is 2.00 bits per heavy atom. The predicted octanol–water partition coefficient (Wildman–Crippen LogP) is 2.37. The van der Waals surface area contributed by atoms with Gasteiger partial charge in [0.2, 0.25) is 10.0 Å². The van der Waals surface area contributed by atoms with E-state index in [0.717, 1.165) is 0 Å². The zero-order valence-electron chi connectivity index (χ0n) is 14.4. The van der Waals surface area contributed by atoms with Gasteiger partial charge in [-0.1, -0.05) is 18.2 Å². The van der Waals surface area contributed by atoms with Gasteiger partial charge in [-0.2, -0.15) is 0 Å². The van der Waals surface area contributed by atoms with E-state index in [-0.39, 0.29) is 29.6 Å². The first kappa shape index (κ1) is 18.3. The van der Waals surface area contributed by atoms with E-state index < -0.39 is 16.1 Å². The molecule has 0 aliphatic carbocycles. The van der Waals surface area contributed by atoms with E-state index in [1.165, 1.54) is 12.1 Å². The van der Waals surface area contributed by atoms with E-state index >= 15 is 0 Å². The second kappa shape index (κ2) is 7.05. The first-order chi connectivity index (χ1) is 12.3. The van der Waals surface area contributed by atoms with Gasteiger partial charge >= 0.3 is 0 Å². The van der Waals surface area contributed by atoms with Crippen LogP contribution >= 0.6 is 0 Å². The second-order valence-electron chi connectivity index (χ2n) is 6.10. The number of anilines is 1. The summed E-state index contributed by atoms with van der Waals surface area (Å²) in [5, 5.41) is 2.68. The van der Waals surface area contributed by atoms with Crippen LogP contribution in [0.2, 0.25) is 0 Å². The highest BCUT2D eigenvalue weighted by Crippen LogP contribution is 2.34. The van der Waals surface area contributed by atoms with Crippen molar-refractivity contribution in [2.45, 2.75) is 31.3 Å². The van der Waals surface area contributed by atoms with Crippen LogP contribution in [0.25, 0.3) is 0 Å². The molecular weight excluding hydrogens is 359 g/mol. The molecule has 2 aromatic rings. The number of halogens is 1. The van der Waals surface area contributed by atoms with Crippen LogP contribution in [0.3, 0.4) is 0 Å². The topological polar surface area (TPSA) is 84.5 Å². The molecule has 1 atom stereocenters. The number of carbonyl (C=O) groups is 1. The molecule has 0 saturated heterocycles. The minimum atomic E-state index is -3.80. The van der Waals surface area contributed by atoms with Crippen molar-refractivity contribution in [2.24, 2.45) is 0 Å². The van der Waals surface area contributed by atoms with Gasteiger partial charge in [-0.25, -0.2) is 17.5 Å². The molecule has 1 aliphatic rings. The average molecular weight is 378 g/mol. The SMILES string of the molecule is Cc1cc2c(cc1S(=O)(=O)NCCc1ccccc1F)OC(C)C(=O)N2. The van der Waals surface area contributed by atoms with Crippen LogP contribution in [-0.4, -0.2) is 27.0 Å². The number of ether oxygens (including phenoxy) is 1. The Morgan fingerprint density at radius 3 is 2.73 bits per heavy atom. The third kappa shape index (κ3) is 3.71. The fourth-order valence-electron chi connectivity index (χ4n) is 2.73. The largest absolute Gasteiger partial charge is 0.479 e. The molecule has 1 unspecified atom stereocenters. The smallest absolute Gasteiger partial charge is 0.265 e. The van der Waals surface area contributed by atoms with Gasteiger partial charge < -0.3 is 10.1 Å². The van der Waals surface area contributed by atoms with Gasteiger partial charge in [0.15, 0.2) is 6.10 Å². The third-order valence-electron chi connectivity index (χ3n) is 4.14. The molecule has 138 valence electrons. The Bertz CT molecular complexity index is 960. The molecule has 26 heavy (non-hydrogen) atoms. The zero-order valence-corrected chi connectivity index (χ0v) is 15.2. The Morgan fingerprint density at radius 1 is 1.27 bits per heavy atom. The summed E-state index contributed by atoms with van der Waals surface area (Å²) in [6, 6.07) is 9.19. The quantitative estimate of drug-likeness (QED) is 0.837. The second-order valence-corrected chi connectivity index (χ2v) is 7.84. The van der Waals surface area contributed by atoms with Gasteiger partial charge in [-0.05, 0) is 43.5 Å². The number of benzene rings is 2. The van der Waals surface area contributed by atoms with E-state index in [1.807, 2.05) is 0 Å². The van der Waals surface area contributed by atoms with Gasteiger partial charge in [0, 0.05) is 12.6 Å². The molecule has 8 heteroatoms. The molecule has 2 N–H and O–H groups in total. The molecule has 0 fully saturated rings. The average Bonchev–Trinajstić information content (AvgIpc) is 2.57. The van der Waals surface area contributed by atoms with Gasteiger partial charge in [-0.15, -0.1) is 0 Å². The van der Waals surface area contributed by atoms with E-state index in [4.69, 9.17) is 4.74 Å². The van der Waals surface area contributed by atoms with E-state index in [2.05, 4.69) is 10.0 Å². The maximum atomic E-state index is 13.6. The Balaban J connectivity index is 1.78. The van der Waals surface area contributed by atoms with Crippen molar-refractivity contribution in [1.82, 2.24) is 4.72 Å². The van der Waals surface area contributed by atoms with Crippen molar-refractivity contribution < 1.29 is 22.3 Å². The van der Waals surface area contributed by atoms with Gasteiger partial charge in [0.1, 0.15) is 11.6 Å². The molecule has 6 nitrogen and oxygen atoms in total. The van der Waals surface area contributed by atoms with Crippen molar-refractivity contribution in [3.05, 3.63) is 53.3 Å². The van der Waals surface area contributed by atoms with Crippen LogP contribution in [0.1, 0.15) is 18.1 Å². The minimum absolute atomic E-state index is 0.0631. The maximum absolute atomic E-state index is 13.6. The van der Waals surface area contributed by atoms with Crippen LogP contribution in [0.15, 0.2) is 41.3 Å². The molecule has 0 saturated carbocycles. The van der Waals surface area contributed by atoms with E-state index in [0.29, 0.717) is 22.6 Å². The van der Waals surface area contributed by atoms with Crippen molar-refractivity contribution in [1.29, 1.82) is 0 Å². The van der Waals surface area contributed by atoms with Gasteiger partial charge in [0.25, 0.3) is 5.91 Å². The highest BCUT2D eigenvalue weighted by molar-refractivity contribution is 7.89. The van der Waals surface area contributed by atoms with Crippen LogP contribution in [-0.2, 0) is 21.2 Å². The summed E-state index contributed by atoms with van der Waals surface area (Å²) in [7, 11) is -3.80. The molecule has 2 aromatic carbocycles. The molecular formula is C18H19FN2O4S. The molecule has 1 heterocycles. The molecule has 0 aromatic heterocycles.